The smallest absolute Gasteiger partial charge is 0.275 e. The van der Waals surface area contributed by atoms with E-state index in [-0.39, 0.29) is 37.5 Å². The van der Waals surface area contributed by atoms with Gasteiger partial charge in [0.05, 0.1) is 5.56 Å². The molecule has 9 heteroatoms. The molecule has 5 nitrogen and oxygen atoms in total. The number of halogens is 3. The van der Waals surface area contributed by atoms with Crippen molar-refractivity contribution in [2.75, 3.05) is 13.1 Å². The Morgan fingerprint density at radius 2 is 1.75 bits per heavy atom. The van der Waals surface area contributed by atoms with Crippen LogP contribution in [0.1, 0.15) is 33.7 Å². The van der Waals surface area contributed by atoms with Gasteiger partial charge in [0, 0.05) is 36.5 Å². The molecule has 0 unspecified atom stereocenters. The Balaban J connectivity index is 1.69. The first-order valence-corrected chi connectivity index (χ1v) is 8.06. The Kier molecular flexibility index (Phi) is 4.61. The number of piperidine rings is 1. The maximum absolute atomic E-state index is 13.7. The van der Waals surface area contributed by atoms with Crippen molar-refractivity contribution >= 4 is 23.2 Å². The summed E-state index contributed by atoms with van der Waals surface area (Å²) in [4.78, 5) is 26.0. The molecule has 3 rings (SSSR count). The fraction of sp³-hybridized carbons (Fsp3) is 0.333. The lowest BCUT2D eigenvalue weighted by Gasteiger charge is -2.30. The number of hydrogen-bond donors (Lipinski definition) is 0. The summed E-state index contributed by atoms with van der Waals surface area (Å²) in [5.74, 6) is -5.08. The van der Waals surface area contributed by atoms with Gasteiger partial charge in [0.2, 0.25) is 0 Å². The van der Waals surface area contributed by atoms with E-state index in [9.17, 15) is 22.8 Å². The predicted octanol–water partition coefficient (Wildman–Crippen LogP) is 2.69. The second-order valence-electron chi connectivity index (χ2n) is 5.47. The van der Waals surface area contributed by atoms with Crippen LogP contribution in [0.2, 0.25) is 0 Å². The van der Waals surface area contributed by atoms with Crippen molar-refractivity contribution in [2.45, 2.75) is 12.8 Å². The van der Waals surface area contributed by atoms with Gasteiger partial charge in [0.1, 0.15) is 17.5 Å². The molecule has 126 valence electrons. The van der Waals surface area contributed by atoms with Crippen molar-refractivity contribution in [1.29, 1.82) is 0 Å². The van der Waals surface area contributed by atoms with Crippen LogP contribution in [-0.4, -0.2) is 39.3 Å². The molecule has 0 aliphatic carbocycles. The summed E-state index contributed by atoms with van der Waals surface area (Å²) in [5, 5.41) is 5.23. The molecule has 0 N–H and O–H groups in total. The Hall–Kier alpha value is -2.29. The molecule has 1 aliphatic heterocycles. The van der Waals surface area contributed by atoms with E-state index >= 15 is 0 Å². The van der Waals surface area contributed by atoms with Gasteiger partial charge in [0.15, 0.2) is 11.5 Å². The topological polar surface area (TPSA) is 63.2 Å². The maximum Gasteiger partial charge on any atom is 0.275 e. The highest BCUT2D eigenvalue weighted by Crippen LogP contribution is 2.26. The molecule has 2 aromatic rings. The van der Waals surface area contributed by atoms with E-state index < -0.39 is 34.7 Å². The number of likely N-dealkylation sites (tertiary alicyclic amines) is 1. The van der Waals surface area contributed by atoms with E-state index in [1.165, 1.54) is 10.3 Å². The maximum atomic E-state index is 13.7. The lowest BCUT2D eigenvalue weighted by atomic mass is 9.88. The molecular formula is C15H12F3N3O2S. The molecule has 1 aliphatic rings. The lowest BCUT2D eigenvalue weighted by molar-refractivity contribution is 0.0643. The molecule has 0 atom stereocenters. The Morgan fingerprint density at radius 1 is 1.12 bits per heavy atom. The summed E-state index contributed by atoms with van der Waals surface area (Å²) in [5.41, 5.74) is -0.481. The van der Waals surface area contributed by atoms with Crippen LogP contribution in [0.15, 0.2) is 17.5 Å². The van der Waals surface area contributed by atoms with Crippen molar-refractivity contribution in [1.82, 2.24) is 14.5 Å². The van der Waals surface area contributed by atoms with Gasteiger partial charge in [-0.25, -0.2) is 13.2 Å². The zero-order valence-corrected chi connectivity index (χ0v) is 13.2. The molecule has 1 saturated heterocycles. The van der Waals surface area contributed by atoms with E-state index in [4.69, 9.17) is 0 Å². The van der Waals surface area contributed by atoms with Crippen LogP contribution in [-0.2, 0) is 0 Å². The summed E-state index contributed by atoms with van der Waals surface area (Å²) >= 11 is 1.06. The summed E-state index contributed by atoms with van der Waals surface area (Å²) in [6.45, 7) is 0.550. The molecule has 0 radical (unpaired) electrons. The van der Waals surface area contributed by atoms with Crippen molar-refractivity contribution in [3.05, 3.63) is 46.2 Å². The lowest BCUT2D eigenvalue weighted by Crippen LogP contribution is -2.40. The van der Waals surface area contributed by atoms with Gasteiger partial charge in [-0.3, -0.25) is 9.59 Å². The number of nitrogens with zero attached hydrogens (tertiary/aromatic N) is 3. The summed E-state index contributed by atoms with van der Waals surface area (Å²) in [6, 6.07) is 0.981. The minimum Gasteiger partial charge on any atom is -0.337 e. The molecule has 0 saturated carbocycles. The first-order chi connectivity index (χ1) is 11.5. The summed E-state index contributed by atoms with van der Waals surface area (Å²) < 4.78 is 44.0. The standard InChI is InChI=1S/C15H12F3N3O2S/c16-9-5-10(17)13(11(18)6-9)14(22)8-1-3-21(4-2-8)15(23)12-7-24-20-19-12/h5-8H,1-4H2. The highest BCUT2D eigenvalue weighted by molar-refractivity contribution is 7.03. The first kappa shape index (κ1) is 16.6. The number of ketones is 1. The first-order valence-electron chi connectivity index (χ1n) is 7.22. The van der Waals surface area contributed by atoms with Gasteiger partial charge in [-0.15, -0.1) is 5.10 Å². The SMILES string of the molecule is O=C(c1c(F)cc(F)cc1F)C1CCN(C(=O)c2csnn2)CC1. The summed E-state index contributed by atoms with van der Waals surface area (Å²) in [6.07, 6.45) is 0.552. The largest absolute Gasteiger partial charge is 0.337 e. The van der Waals surface area contributed by atoms with E-state index in [0.717, 1.165) is 11.5 Å². The van der Waals surface area contributed by atoms with Gasteiger partial charge < -0.3 is 4.90 Å². The zero-order valence-electron chi connectivity index (χ0n) is 12.3. The highest BCUT2D eigenvalue weighted by atomic mass is 32.1. The normalized spacial score (nSPS) is 15.5. The van der Waals surface area contributed by atoms with E-state index in [1.54, 1.807) is 0 Å². The fourth-order valence-corrected chi connectivity index (χ4v) is 3.18. The van der Waals surface area contributed by atoms with Crippen LogP contribution in [0.3, 0.4) is 0 Å². The third-order valence-electron chi connectivity index (χ3n) is 3.99. The van der Waals surface area contributed by atoms with Crippen molar-refractivity contribution in [3.63, 3.8) is 0 Å². The van der Waals surface area contributed by atoms with Gasteiger partial charge in [-0.2, -0.15) is 0 Å². The quantitative estimate of drug-likeness (QED) is 0.794. The third kappa shape index (κ3) is 3.16. The van der Waals surface area contributed by atoms with Crippen molar-refractivity contribution in [3.8, 4) is 0 Å². The number of hydrogen-bond acceptors (Lipinski definition) is 5. The van der Waals surface area contributed by atoms with Crippen molar-refractivity contribution < 1.29 is 22.8 Å². The van der Waals surface area contributed by atoms with Gasteiger partial charge in [0.25, 0.3) is 5.91 Å². The average molecular weight is 355 g/mol. The third-order valence-corrected chi connectivity index (χ3v) is 4.49. The van der Waals surface area contributed by atoms with Crippen LogP contribution >= 0.6 is 11.5 Å². The number of Topliss-reactive ketones (excluding diaryl/α,β-unsaturated/α-hetero) is 1. The molecule has 1 aromatic heterocycles. The Bertz CT molecular complexity index is 751. The van der Waals surface area contributed by atoms with Gasteiger partial charge in [-0.05, 0) is 24.4 Å². The van der Waals surface area contributed by atoms with Crippen LogP contribution in [0.4, 0.5) is 13.2 Å². The molecule has 0 bridgehead atoms. The Morgan fingerprint density at radius 3 is 2.29 bits per heavy atom. The number of amides is 1. The molecule has 1 fully saturated rings. The minimum absolute atomic E-state index is 0.236. The average Bonchev–Trinajstić information content (AvgIpc) is 3.07. The molecular weight excluding hydrogens is 343 g/mol. The van der Waals surface area contributed by atoms with Crippen LogP contribution in [0.25, 0.3) is 0 Å². The fourth-order valence-electron chi connectivity index (χ4n) is 2.75. The number of carbonyl (C=O) groups is 2. The van der Waals surface area contributed by atoms with Gasteiger partial charge >= 0.3 is 0 Å². The number of aromatic nitrogens is 2. The van der Waals surface area contributed by atoms with E-state index in [0.29, 0.717) is 12.1 Å². The molecule has 1 aromatic carbocycles. The Labute approximate surface area is 139 Å². The van der Waals surface area contributed by atoms with Crippen LogP contribution in [0, 0.1) is 23.4 Å². The van der Waals surface area contributed by atoms with E-state index in [1.807, 2.05) is 0 Å². The van der Waals surface area contributed by atoms with Crippen LogP contribution < -0.4 is 0 Å². The predicted molar refractivity (Wildman–Crippen MR) is 79.2 cm³/mol. The molecule has 0 spiro atoms. The van der Waals surface area contributed by atoms with Crippen molar-refractivity contribution in [2.24, 2.45) is 5.92 Å². The van der Waals surface area contributed by atoms with Crippen LogP contribution in [0.5, 0.6) is 0 Å². The molecule has 1 amide bonds. The minimum atomic E-state index is -1.20. The number of benzene rings is 1. The van der Waals surface area contributed by atoms with Gasteiger partial charge in [-0.1, -0.05) is 4.49 Å². The second-order valence-corrected chi connectivity index (χ2v) is 6.08. The molecule has 2 heterocycles. The molecule has 24 heavy (non-hydrogen) atoms. The highest BCUT2D eigenvalue weighted by Gasteiger charge is 2.32. The van der Waals surface area contributed by atoms with E-state index in [2.05, 4.69) is 9.59 Å². The summed E-state index contributed by atoms with van der Waals surface area (Å²) in [7, 11) is 0. The second kappa shape index (κ2) is 6.68. The number of rotatable bonds is 3. The number of carbonyl (C=O) groups excluding carboxylic acids is 2. The monoisotopic (exact) mass is 355 g/mol. The zero-order chi connectivity index (χ0) is 17.3.